The van der Waals surface area contributed by atoms with Crippen molar-refractivity contribution in [2.24, 2.45) is 5.92 Å². The molecule has 0 bridgehead atoms. The Morgan fingerprint density at radius 3 is 3.13 bits per heavy atom. The van der Waals surface area contributed by atoms with Gasteiger partial charge in [0.25, 0.3) is 12.3 Å². The van der Waals surface area contributed by atoms with Crippen molar-refractivity contribution in [2.75, 3.05) is 13.2 Å². The molecule has 124 valence electrons. The summed E-state index contributed by atoms with van der Waals surface area (Å²) >= 11 is 0.897. The van der Waals surface area contributed by atoms with Gasteiger partial charge in [0.05, 0.1) is 16.1 Å². The van der Waals surface area contributed by atoms with Crippen molar-refractivity contribution >= 4 is 17.2 Å². The third-order valence-corrected chi connectivity index (χ3v) is 4.86. The molecule has 3 heterocycles. The number of thiophene rings is 1. The average molecular weight is 341 g/mol. The Hall–Kier alpha value is -1.80. The first-order valence-electron chi connectivity index (χ1n) is 7.41. The van der Waals surface area contributed by atoms with E-state index in [0.717, 1.165) is 29.9 Å². The van der Waals surface area contributed by atoms with Crippen LogP contribution in [0.15, 0.2) is 23.7 Å². The lowest BCUT2D eigenvalue weighted by Gasteiger charge is -2.31. The highest BCUT2D eigenvalue weighted by Gasteiger charge is 2.29. The van der Waals surface area contributed by atoms with E-state index in [9.17, 15) is 13.6 Å². The van der Waals surface area contributed by atoms with Gasteiger partial charge in [-0.25, -0.2) is 8.78 Å². The molecule has 1 aliphatic rings. The second-order valence-electron chi connectivity index (χ2n) is 5.41. The number of aromatic amines is 1. The van der Waals surface area contributed by atoms with E-state index in [0.29, 0.717) is 13.2 Å². The number of H-pyrrole nitrogens is 1. The quantitative estimate of drug-likeness (QED) is 0.877. The lowest BCUT2D eigenvalue weighted by atomic mass is 9.92. The first-order valence-corrected chi connectivity index (χ1v) is 8.29. The van der Waals surface area contributed by atoms with Gasteiger partial charge in [0.1, 0.15) is 6.10 Å². The molecule has 3 rings (SSSR count). The fraction of sp³-hybridized carbons (Fsp3) is 0.467. The molecule has 1 saturated heterocycles. The fourth-order valence-electron chi connectivity index (χ4n) is 2.82. The molecule has 0 saturated carbocycles. The van der Waals surface area contributed by atoms with Gasteiger partial charge in [-0.1, -0.05) is 0 Å². The topological polar surface area (TPSA) is 67.0 Å². The highest BCUT2D eigenvalue weighted by atomic mass is 32.1. The molecule has 2 atom stereocenters. The Kier molecular flexibility index (Phi) is 5.02. The second kappa shape index (κ2) is 7.18. The molecule has 2 aromatic heterocycles. The van der Waals surface area contributed by atoms with Crippen LogP contribution < -0.4 is 5.32 Å². The second-order valence-corrected chi connectivity index (χ2v) is 6.36. The van der Waals surface area contributed by atoms with Gasteiger partial charge in [0.2, 0.25) is 0 Å². The summed E-state index contributed by atoms with van der Waals surface area (Å²) in [5.41, 5.74) is 0.924. The minimum Gasteiger partial charge on any atom is -0.372 e. The Balaban J connectivity index is 1.64. The molecular formula is C15H17F2N3O2S. The largest absolute Gasteiger partial charge is 0.372 e. The van der Waals surface area contributed by atoms with Crippen LogP contribution in [0, 0.1) is 5.92 Å². The number of carbonyl (C=O) groups is 1. The van der Waals surface area contributed by atoms with Crippen LogP contribution in [0.25, 0.3) is 0 Å². The van der Waals surface area contributed by atoms with Gasteiger partial charge in [-0.2, -0.15) is 5.10 Å². The van der Waals surface area contributed by atoms with E-state index in [1.807, 2.05) is 6.07 Å². The first-order chi connectivity index (χ1) is 11.2. The Morgan fingerprint density at radius 2 is 2.39 bits per heavy atom. The summed E-state index contributed by atoms with van der Waals surface area (Å²) < 4.78 is 31.5. The van der Waals surface area contributed by atoms with Gasteiger partial charge >= 0.3 is 0 Å². The zero-order valence-corrected chi connectivity index (χ0v) is 13.1. The molecule has 0 spiro atoms. The molecule has 1 amide bonds. The van der Waals surface area contributed by atoms with Crippen LogP contribution in [0.1, 0.15) is 46.3 Å². The van der Waals surface area contributed by atoms with E-state index in [4.69, 9.17) is 4.74 Å². The molecule has 5 nitrogen and oxygen atoms in total. The number of alkyl halides is 2. The monoisotopic (exact) mass is 341 g/mol. The molecule has 2 aromatic rings. The number of nitrogens with one attached hydrogen (secondary N) is 2. The van der Waals surface area contributed by atoms with Crippen LogP contribution in [0.3, 0.4) is 0 Å². The van der Waals surface area contributed by atoms with E-state index >= 15 is 0 Å². The Labute approximate surface area is 136 Å². The van der Waals surface area contributed by atoms with E-state index in [-0.39, 0.29) is 22.5 Å². The molecule has 0 radical (unpaired) electrons. The zero-order chi connectivity index (χ0) is 16.2. The number of halogens is 2. The van der Waals surface area contributed by atoms with Crippen LogP contribution in [-0.2, 0) is 4.74 Å². The number of rotatable bonds is 5. The fourth-order valence-corrected chi connectivity index (χ4v) is 3.56. The summed E-state index contributed by atoms with van der Waals surface area (Å²) in [7, 11) is 0. The van der Waals surface area contributed by atoms with Gasteiger partial charge in [0, 0.05) is 25.3 Å². The van der Waals surface area contributed by atoms with E-state index in [1.54, 1.807) is 6.20 Å². The van der Waals surface area contributed by atoms with E-state index < -0.39 is 12.3 Å². The number of ether oxygens (including phenoxy) is 1. The van der Waals surface area contributed by atoms with Crippen molar-refractivity contribution in [1.82, 2.24) is 15.5 Å². The molecule has 0 aliphatic carbocycles. The molecule has 23 heavy (non-hydrogen) atoms. The van der Waals surface area contributed by atoms with Gasteiger partial charge < -0.3 is 10.1 Å². The molecular weight excluding hydrogens is 324 g/mol. The van der Waals surface area contributed by atoms with Crippen LogP contribution in [-0.4, -0.2) is 29.3 Å². The zero-order valence-electron chi connectivity index (χ0n) is 12.3. The molecule has 2 N–H and O–H groups in total. The Morgan fingerprint density at radius 1 is 1.52 bits per heavy atom. The molecule has 0 unspecified atom stereocenters. The van der Waals surface area contributed by atoms with Gasteiger partial charge in [-0.05, 0) is 30.4 Å². The molecule has 1 aliphatic heterocycles. The maximum absolute atomic E-state index is 12.9. The van der Waals surface area contributed by atoms with Crippen LogP contribution in [0.5, 0.6) is 0 Å². The van der Waals surface area contributed by atoms with E-state index in [1.165, 1.54) is 11.4 Å². The molecule has 1 fully saturated rings. The highest BCUT2D eigenvalue weighted by molar-refractivity contribution is 7.10. The summed E-state index contributed by atoms with van der Waals surface area (Å²) in [5.74, 6) is -0.378. The van der Waals surface area contributed by atoms with Crippen LogP contribution >= 0.6 is 11.3 Å². The molecule has 0 aromatic carbocycles. The normalized spacial score (nSPS) is 21.5. The predicted molar refractivity (Wildman–Crippen MR) is 81.6 cm³/mol. The smallest absolute Gasteiger partial charge is 0.273 e. The number of hydrogen-bond acceptors (Lipinski definition) is 4. The van der Waals surface area contributed by atoms with Crippen molar-refractivity contribution in [3.05, 3.63) is 39.8 Å². The minimum atomic E-state index is -2.63. The lowest BCUT2D eigenvalue weighted by Crippen LogP contribution is -2.35. The van der Waals surface area contributed by atoms with Crippen molar-refractivity contribution in [1.29, 1.82) is 0 Å². The van der Waals surface area contributed by atoms with E-state index in [2.05, 4.69) is 15.5 Å². The highest BCUT2D eigenvalue weighted by Crippen LogP contribution is 2.32. The summed E-state index contributed by atoms with van der Waals surface area (Å²) in [6.45, 7) is 1.04. The summed E-state index contributed by atoms with van der Waals surface area (Å²) in [4.78, 5) is 12.0. The van der Waals surface area contributed by atoms with Crippen molar-refractivity contribution in [3.8, 4) is 0 Å². The standard InChI is InChI=1S/C15H17F2N3O2S/c16-14(17)13-10(4-7-23-13)15(21)18-8-9-2-1-6-22-12(9)11-3-5-19-20-11/h3-5,7,9,12,14H,1-2,6,8H2,(H,18,21)(H,19,20)/t9-,12+/m0/s1. The maximum Gasteiger partial charge on any atom is 0.273 e. The van der Waals surface area contributed by atoms with Crippen molar-refractivity contribution in [3.63, 3.8) is 0 Å². The van der Waals surface area contributed by atoms with Gasteiger partial charge in [0.15, 0.2) is 0 Å². The third kappa shape index (κ3) is 3.59. The summed E-state index contributed by atoms with van der Waals surface area (Å²) in [5, 5.41) is 11.1. The van der Waals surface area contributed by atoms with Gasteiger partial charge in [-0.15, -0.1) is 11.3 Å². The van der Waals surface area contributed by atoms with Crippen molar-refractivity contribution < 1.29 is 18.3 Å². The third-order valence-electron chi connectivity index (χ3n) is 3.94. The SMILES string of the molecule is O=C(NC[C@@H]1CCCO[C@H]1c1ccn[nH]1)c1ccsc1C(F)F. The van der Waals surface area contributed by atoms with Gasteiger partial charge in [-0.3, -0.25) is 9.89 Å². The number of amides is 1. The summed E-state index contributed by atoms with van der Waals surface area (Å²) in [6.07, 6.45) is 0.667. The number of aromatic nitrogens is 2. The van der Waals surface area contributed by atoms with Crippen molar-refractivity contribution in [2.45, 2.75) is 25.4 Å². The Bertz CT molecular complexity index is 645. The van der Waals surface area contributed by atoms with Crippen LogP contribution in [0.2, 0.25) is 0 Å². The lowest BCUT2D eigenvalue weighted by molar-refractivity contribution is -0.0297. The first kappa shape index (κ1) is 16.1. The average Bonchev–Trinajstić information content (AvgIpc) is 3.23. The minimum absolute atomic E-state index is 0.0554. The maximum atomic E-state index is 12.9. The number of hydrogen-bond donors (Lipinski definition) is 2. The number of carbonyl (C=O) groups excluding carboxylic acids is 1. The number of nitrogens with zero attached hydrogens (tertiary/aromatic N) is 1. The molecule has 8 heteroatoms. The van der Waals surface area contributed by atoms with Crippen LogP contribution in [0.4, 0.5) is 8.78 Å². The summed E-state index contributed by atoms with van der Waals surface area (Å²) in [6, 6.07) is 3.28. The predicted octanol–water partition coefficient (Wildman–Crippen LogP) is 3.31.